The molecule has 2 aromatic carbocycles. The molecule has 0 saturated carbocycles. The van der Waals surface area contributed by atoms with Gasteiger partial charge in [0.15, 0.2) is 0 Å². The van der Waals surface area contributed by atoms with Gasteiger partial charge in [-0.25, -0.2) is 0 Å². The molecule has 106 valence electrons. The molecular formula is C17H20BrNO. The summed E-state index contributed by atoms with van der Waals surface area (Å²) in [6.07, 6.45) is -0.442. The number of benzene rings is 2. The average Bonchev–Trinajstić information content (AvgIpc) is 2.38. The van der Waals surface area contributed by atoms with Crippen molar-refractivity contribution in [3.63, 3.8) is 0 Å². The number of hydrogen-bond acceptors (Lipinski definition) is 2. The number of halogens is 1. The van der Waals surface area contributed by atoms with Crippen LogP contribution in [0.15, 0.2) is 46.9 Å². The molecule has 2 aromatic rings. The summed E-state index contributed by atoms with van der Waals surface area (Å²) in [4.78, 5) is 2.20. The zero-order chi connectivity index (χ0) is 14.7. The molecule has 0 unspecified atom stereocenters. The molecule has 0 aliphatic heterocycles. The Kier molecular flexibility index (Phi) is 4.84. The number of anilines is 1. The van der Waals surface area contributed by atoms with E-state index in [0.717, 1.165) is 22.3 Å². The Morgan fingerprint density at radius 2 is 1.95 bits per heavy atom. The number of hydrogen-bond donors (Lipinski definition) is 1. The highest BCUT2D eigenvalue weighted by atomic mass is 79.9. The first-order chi connectivity index (χ1) is 9.47. The van der Waals surface area contributed by atoms with Gasteiger partial charge < -0.3 is 10.0 Å². The molecule has 3 heteroatoms. The predicted molar refractivity (Wildman–Crippen MR) is 88.1 cm³/mol. The first kappa shape index (κ1) is 15.1. The van der Waals surface area contributed by atoms with Crippen LogP contribution in [0.5, 0.6) is 0 Å². The third kappa shape index (κ3) is 3.62. The number of rotatable bonds is 4. The normalized spacial score (nSPS) is 12.2. The Morgan fingerprint density at radius 1 is 1.20 bits per heavy atom. The highest BCUT2D eigenvalue weighted by Crippen LogP contribution is 2.29. The van der Waals surface area contributed by atoms with Gasteiger partial charge in [-0.15, -0.1) is 0 Å². The molecule has 0 fully saturated rings. The Morgan fingerprint density at radius 3 is 2.55 bits per heavy atom. The molecule has 0 amide bonds. The number of aryl methyl sites for hydroxylation is 1. The van der Waals surface area contributed by atoms with Crippen molar-refractivity contribution >= 4 is 21.6 Å². The monoisotopic (exact) mass is 333 g/mol. The van der Waals surface area contributed by atoms with Crippen LogP contribution in [-0.2, 0) is 6.54 Å². The smallest absolute Gasteiger partial charge is 0.0762 e. The van der Waals surface area contributed by atoms with E-state index in [0.29, 0.717) is 0 Å². The largest absolute Gasteiger partial charge is 0.389 e. The summed E-state index contributed by atoms with van der Waals surface area (Å²) in [5.41, 5.74) is 4.61. The highest BCUT2D eigenvalue weighted by Gasteiger charge is 2.09. The second-order valence-corrected chi connectivity index (χ2v) is 6.09. The molecule has 0 aromatic heterocycles. The molecule has 2 nitrogen and oxygen atoms in total. The first-order valence-corrected chi connectivity index (χ1v) is 7.51. The van der Waals surface area contributed by atoms with Gasteiger partial charge in [-0.1, -0.05) is 35.9 Å². The summed E-state index contributed by atoms with van der Waals surface area (Å²) < 4.78 is 1.01. The van der Waals surface area contributed by atoms with Crippen LogP contribution in [0, 0.1) is 6.92 Å². The average molecular weight is 334 g/mol. The van der Waals surface area contributed by atoms with Gasteiger partial charge in [0.25, 0.3) is 0 Å². The van der Waals surface area contributed by atoms with E-state index in [9.17, 15) is 5.11 Å². The molecule has 1 N–H and O–H groups in total. The van der Waals surface area contributed by atoms with Gasteiger partial charge >= 0.3 is 0 Å². The summed E-state index contributed by atoms with van der Waals surface area (Å²) >= 11 is 3.59. The van der Waals surface area contributed by atoms with Crippen molar-refractivity contribution in [1.82, 2.24) is 0 Å². The van der Waals surface area contributed by atoms with Crippen molar-refractivity contribution in [2.75, 3.05) is 11.9 Å². The highest BCUT2D eigenvalue weighted by molar-refractivity contribution is 9.10. The number of aliphatic hydroxyl groups excluding tert-OH is 1. The standard InChI is InChI=1S/C17H20BrNO/c1-12-5-4-6-14(9-12)11-19(3)17-8-7-15(13(2)20)10-16(17)18/h4-10,13,20H,11H2,1-3H3/t13-/m1/s1. The summed E-state index contributed by atoms with van der Waals surface area (Å²) in [6.45, 7) is 4.74. The molecule has 0 heterocycles. The lowest BCUT2D eigenvalue weighted by Gasteiger charge is -2.22. The lowest BCUT2D eigenvalue weighted by molar-refractivity contribution is 0.199. The Labute approximate surface area is 129 Å². The topological polar surface area (TPSA) is 23.5 Å². The van der Waals surface area contributed by atoms with Crippen molar-refractivity contribution in [1.29, 1.82) is 0 Å². The Bertz CT molecular complexity index is 595. The van der Waals surface area contributed by atoms with E-state index in [1.54, 1.807) is 6.92 Å². The van der Waals surface area contributed by atoms with Gasteiger partial charge in [0.1, 0.15) is 0 Å². The first-order valence-electron chi connectivity index (χ1n) is 6.71. The van der Waals surface area contributed by atoms with Gasteiger partial charge in [-0.2, -0.15) is 0 Å². The molecular weight excluding hydrogens is 314 g/mol. The van der Waals surface area contributed by atoms with E-state index in [4.69, 9.17) is 0 Å². The molecule has 0 bridgehead atoms. The molecule has 1 atom stereocenters. The van der Waals surface area contributed by atoms with Crippen LogP contribution in [-0.4, -0.2) is 12.2 Å². The zero-order valence-corrected chi connectivity index (χ0v) is 13.7. The second-order valence-electron chi connectivity index (χ2n) is 5.23. The minimum absolute atomic E-state index is 0.442. The van der Waals surface area contributed by atoms with Crippen LogP contribution in [0.4, 0.5) is 5.69 Å². The molecule has 0 saturated heterocycles. The van der Waals surface area contributed by atoms with Crippen molar-refractivity contribution in [3.05, 3.63) is 63.6 Å². The van der Waals surface area contributed by atoms with Gasteiger partial charge in [-0.3, -0.25) is 0 Å². The van der Waals surface area contributed by atoms with Gasteiger partial charge in [0, 0.05) is 18.1 Å². The van der Waals surface area contributed by atoms with E-state index in [1.165, 1.54) is 11.1 Å². The molecule has 0 radical (unpaired) electrons. The SMILES string of the molecule is Cc1cccc(CN(C)c2ccc([C@@H](C)O)cc2Br)c1. The van der Waals surface area contributed by atoms with E-state index >= 15 is 0 Å². The minimum atomic E-state index is -0.442. The van der Waals surface area contributed by atoms with Gasteiger partial charge in [0.05, 0.1) is 11.8 Å². The van der Waals surface area contributed by atoms with Gasteiger partial charge in [-0.05, 0) is 53.0 Å². The maximum atomic E-state index is 9.61. The van der Waals surface area contributed by atoms with Crippen LogP contribution in [0.1, 0.15) is 29.7 Å². The lowest BCUT2D eigenvalue weighted by atomic mass is 10.1. The quantitative estimate of drug-likeness (QED) is 0.893. The minimum Gasteiger partial charge on any atom is -0.389 e. The molecule has 20 heavy (non-hydrogen) atoms. The van der Waals surface area contributed by atoms with E-state index in [2.05, 4.69) is 59.1 Å². The molecule has 0 aliphatic carbocycles. The fourth-order valence-corrected chi connectivity index (χ4v) is 2.96. The van der Waals surface area contributed by atoms with E-state index in [-0.39, 0.29) is 0 Å². The summed E-state index contributed by atoms with van der Waals surface area (Å²) in [5, 5.41) is 9.61. The Balaban J connectivity index is 2.19. The van der Waals surface area contributed by atoms with E-state index in [1.807, 2.05) is 18.2 Å². The van der Waals surface area contributed by atoms with Crippen LogP contribution < -0.4 is 4.90 Å². The van der Waals surface area contributed by atoms with Crippen LogP contribution >= 0.6 is 15.9 Å². The zero-order valence-electron chi connectivity index (χ0n) is 12.1. The maximum absolute atomic E-state index is 9.61. The summed E-state index contributed by atoms with van der Waals surface area (Å²) in [5.74, 6) is 0. The van der Waals surface area contributed by atoms with Crippen molar-refractivity contribution in [2.45, 2.75) is 26.5 Å². The third-order valence-electron chi connectivity index (χ3n) is 3.37. The summed E-state index contributed by atoms with van der Waals surface area (Å²) in [6, 6.07) is 14.5. The molecule has 2 rings (SSSR count). The number of aliphatic hydroxyl groups is 1. The predicted octanol–water partition coefficient (Wildman–Crippen LogP) is 4.45. The third-order valence-corrected chi connectivity index (χ3v) is 4.00. The van der Waals surface area contributed by atoms with E-state index < -0.39 is 6.10 Å². The lowest BCUT2D eigenvalue weighted by Crippen LogP contribution is -2.17. The summed E-state index contributed by atoms with van der Waals surface area (Å²) in [7, 11) is 2.07. The Hall–Kier alpha value is -1.32. The van der Waals surface area contributed by atoms with Crippen molar-refractivity contribution in [2.24, 2.45) is 0 Å². The van der Waals surface area contributed by atoms with Crippen molar-refractivity contribution < 1.29 is 5.11 Å². The second kappa shape index (κ2) is 6.42. The number of nitrogens with zero attached hydrogens (tertiary/aromatic N) is 1. The molecule has 0 aliphatic rings. The van der Waals surface area contributed by atoms with Crippen molar-refractivity contribution in [3.8, 4) is 0 Å². The maximum Gasteiger partial charge on any atom is 0.0762 e. The van der Waals surface area contributed by atoms with Crippen LogP contribution in [0.2, 0.25) is 0 Å². The molecule has 0 spiro atoms. The van der Waals surface area contributed by atoms with Crippen LogP contribution in [0.3, 0.4) is 0 Å². The van der Waals surface area contributed by atoms with Gasteiger partial charge in [0.2, 0.25) is 0 Å². The fraction of sp³-hybridized carbons (Fsp3) is 0.294. The fourth-order valence-electron chi connectivity index (χ4n) is 2.26. The van der Waals surface area contributed by atoms with Crippen LogP contribution in [0.25, 0.3) is 0 Å².